The van der Waals surface area contributed by atoms with Gasteiger partial charge in [0.15, 0.2) is 0 Å². The first kappa shape index (κ1) is 13.6. The van der Waals surface area contributed by atoms with Crippen molar-refractivity contribution in [1.82, 2.24) is 9.97 Å². The number of aromatic nitrogens is 2. The first-order valence-electron chi connectivity index (χ1n) is 5.26. The topological polar surface area (TPSA) is 37.8 Å². The van der Waals surface area contributed by atoms with Crippen molar-refractivity contribution in [2.75, 3.05) is 12.4 Å². The zero-order valence-electron chi connectivity index (χ0n) is 9.65. The molecule has 0 amide bonds. The monoisotopic (exact) mass is 343 g/mol. The van der Waals surface area contributed by atoms with Crippen LogP contribution in [0.25, 0.3) is 0 Å². The largest absolute Gasteiger partial charge is 0.373 e. The lowest BCUT2D eigenvalue weighted by Crippen LogP contribution is -1.96. The Labute approximate surface area is 124 Å². The lowest BCUT2D eigenvalue weighted by atomic mass is 10.3. The number of halogens is 2. The summed E-state index contributed by atoms with van der Waals surface area (Å²) in [6.07, 6.45) is 1.78. The van der Waals surface area contributed by atoms with Gasteiger partial charge in [0.1, 0.15) is 5.82 Å². The Kier molecular flexibility index (Phi) is 4.86. The summed E-state index contributed by atoms with van der Waals surface area (Å²) in [5.41, 5.74) is 0.859. The first-order chi connectivity index (χ1) is 8.69. The van der Waals surface area contributed by atoms with Gasteiger partial charge in [-0.1, -0.05) is 23.4 Å². The third-order valence-corrected chi connectivity index (χ3v) is 4.00. The van der Waals surface area contributed by atoms with E-state index in [9.17, 15) is 0 Å². The van der Waals surface area contributed by atoms with Crippen LogP contribution in [0, 0.1) is 0 Å². The van der Waals surface area contributed by atoms with E-state index in [2.05, 4.69) is 31.2 Å². The molecule has 0 atom stereocenters. The summed E-state index contributed by atoms with van der Waals surface area (Å²) in [7, 11) is 1.84. The number of rotatable bonds is 4. The lowest BCUT2D eigenvalue weighted by molar-refractivity contribution is 1.11. The summed E-state index contributed by atoms with van der Waals surface area (Å²) in [4.78, 5) is 8.72. The second kappa shape index (κ2) is 6.41. The lowest BCUT2D eigenvalue weighted by Gasteiger charge is -2.06. The van der Waals surface area contributed by atoms with Crippen molar-refractivity contribution in [3.63, 3.8) is 0 Å². The number of hydrogen-bond donors (Lipinski definition) is 1. The zero-order valence-corrected chi connectivity index (χ0v) is 12.8. The smallest absolute Gasteiger partial charge is 0.126 e. The molecule has 0 saturated heterocycles. The fourth-order valence-electron chi connectivity index (χ4n) is 1.31. The van der Waals surface area contributed by atoms with E-state index in [-0.39, 0.29) is 0 Å². The molecule has 0 unspecified atom stereocenters. The summed E-state index contributed by atoms with van der Waals surface area (Å²) in [6, 6.07) is 7.64. The molecule has 0 bridgehead atoms. The van der Waals surface area contributed by atoms with Crippen LogP contribution in [0.2, 0.25) is 5.02 Å². The Balaban J connectivity index is 2.07. The van der Waals surface area contributed by atoms with Crippen LogP contribution in [-0.4, -0.2) is 17.0 Å². The summed E-state index contributed by atoms with van der Waals surface area (Å²) >= 11 is 11.1. The molecule has 0 saturated carbocycles. The normalized spacial score (nSPS) is 10.4. The van der Waals surface area contributed by atoms with E-state index in [0.29, 0.717) is 10.8 Å². The molecule has 0 spiro atoms. The highest BCUT2D eigenvalue weighted by Crippen LogP contribution is 2.25. The first-order valence-corrected chi connectivity index (χ1v) is 7.42. The van der Waals surface area contributed by atoms with E-state index in [0.717, 1.165) is 21.0 Å². The molecule has 0 aliphatic heterocycles. The van der Waals surface area contributed by atoms with Crippen LogP contribution in [0.15, 0.2) is 40.0 Å². The van der Waals surface area contributed by atoms with Crippen molar-refractivity contribution in [3.05, 3.63) is 45.7 Å². The number of thioether (sulfide) groups is 1. The van der Waals surface area contributed by atoms with E-state index in [4.69, 9.17) is 11.6 Å². The number of anilines is 1. The van der Waals surface area contributed by atoms with Crippen molar-refractivity contribution in [3.8, 4) is 0 Å². The summed E-state index contributed by atoms with van der Waals surface area (Å²) in [5.74, 6) is 1.52. The Morgan fingerprint density at radius 3 is 2.83 bits per heavy atom. The molecule has 2 aromatic rings. The predicted molar refractivity (Wildman–Crippen MR) is 80.3 cm³/mol. The average Bonchev–Trinajstić information content (AvgIpc) is 2.40. The van der Waals surface area contributed by atoms with Crippen LogP contribution in [0.4, 0.5) is 5.82 Å². The molecule has 2 rings (SSSR count). The highest BCUT2D eigenvalue weighted by molar-refractivity contribution is 9.10. The van der Waals surface area contributed by atoms with E-state index in [1.165, 1.54) is 0 Å². The molecule has 0 fully saturated rings. The second-order valence-corrected chi connectivity index (χ2v) is 5.80. The fourth-order valence-corrected chi connectivity index (χ4v) is 2.60. The standard InChI is InChI=1S/C12H11BrClN3S/c1-15-11-4-3-9(14)10(17-11)7-18-12-5-2-8(13)6-16-12/h2-6H,7H2,1H3,(H,15,17). The number of hydrogen-bond acceptors (Lipinski definition) is 4. The van der Waals surface area contributed by atoms with Crippen LogP contribution >= 0.6 is 39.3 Å². The predicted octanol–water partition coefficient (Wildman–Crippen LogP) is 4.23. The van der Waals surface area contributed by atoms with Crippen molar-refractivity contribution in [2.24, 2.45) is 0 Å². The minimum absolute atomic E-state index is 0.679. The minimum atomic E-state index is 0.679. The maximum Gasteiger partial charge on any atom is 0.126 e. The molecule has 1 N–H and O–H groups in total. The number of nitrogens with zero attached hydrogens (tertiary/aromatic N) is 2. The highest BCUT2D eigenvalue weighted by Gasteiger charge is 2.05. The average molecular weight is 345 g/mol. The van der Waals surface area contributed by atoms with Gasteiger partial charge < -0.3 is 5.32 Å². The van der Waals surface area contributed by atoms with Crippen molar-refractivity contribution >= 4 is 45.1 Å². The molecule has 18 heavy (non-hydrogen) atoms. The van der Waals surface area contributed by atoms with Gasteiger partial charge in [0, 0.05) is 23.5 Å². The molecule has 6 heteroatoms. The molecular formula is C12H11BrClN3S. The van der Waals surface area contributed by atoms with Crippen molar-refractivity contribution < 1.29 is 0 Å². The Hall–Kier alpha value is -0.780. The maximum absolute atomic E-state index is 6.11. The summed E-state index contributed by atoms with van der Waals surface area (Å²) in [5, 5.41) is 4.63. The van der Waals surface area contributed by atoms with Crippen LogP contribution in [0.3, 0.4) is 0 Å². The third kappa shape index (κ3) is 3.60. The molecular weight excluding hydrogens is 334 g/mol. The van der Waals surface area contributed by atoms with E-state index < -0.39 is 0 Å². The van der Waals surface area contributed by atoms with Gasteiger partial charge in [-0.25, -0.2) is 9.97 Å². The molecule has 3 nitrogen and oxygen atoms in total. The second-order valence-electron chi connectivity index (χ2n) is 3.48. The molecule has 94 valence electrons. The van der Waals surface area contributed by atoms with Crippen molar-refractivity contribution in [1.29, 1.82) is 0 Å². The van der Waals surface area contributed by atoms with Crippen LogP contribution in [0.1, 0.15) is 5.69 Å². The van der Waals surface area contributed by atoms with Gasteiger partial charge in [-0.2, -0.15) is 0 Å². The van der Waals surface area contributed by atoms with E-state index >= 15 is 0 Å². The SMILES string of the molecule is CNc1ccc(Cl)c(CSc2ccc(Br)cn2)n1. The summed E-state index contributed by atoms with van der Waals surface area (Å²) in [6.45, 7) is 0. The van der Waals surface area contributed by atoms with Crippen molar-refractivity contribution in [2.45, 2.75) is 10.8 Å². The van der Waals surface area contributed by atoms with Gasteiger partial charge in [0.2, 0.25) is 0 Å². The molecule has 0 radical (unpaired) electrons. The third-order valence-electron chi connectivity index (χ3n) is 2.23. The molecule has 0 aromatic carbocycles. The van der Waals surface area contributed by atoms with Gasteiger partial charge in [-0.15, -0.1) is 0 Å². The van der Waals surface area contributed by atoms with E-state index in [1.807, 2.05) is 31.3 Å². The fraction of sp³-hybridized carbons (Fsp3) is 0.167. The Morgan fingerprint density at radius 1 is 1.33 bits per heavy atom. The highest BCUT2D eigenvalue weighted by atomic mass is 79.9. The van der Waals surface area contributed by atoms with Gasteiger partial charge in [0.05, 0.1) is 15.7 Å². The molecule has 0 aliphatic rings. The van der Waals surface area contributed by atoms with Gasteiger partial charge in [-0.05, 0) is 40.2 Å². The Bertz CT molecular complexity index is 533. The molecule has 2 aromatic heterocycles. The number of pyridine rings is 2. The van der Waals surface area contributed by atoms with Gasteiger partial charge in [-0.3, -0.25) is 0 Å². The maximum atomic E-state index is 6.11. The molecule has 2 heterocycles. The van der Waals surface area contributed by atoms with E-state index in [1.54, 1.807) is 18.0 Å². The number of nitrogens with one attached hydrogen (secondary N) is 1. The molecule has 0 aliphatic carbocycles. The van der Waals surface area contributed by atoms with Crippen LogP contribution in [0.5, 0.6) is 0 Å². The Morgan fingerprint density at radius 2 is 2.17 bits per heavy atom. The minimum Gasteiger partial charge on any atom is -0.373 e. The van der Waals surface area contributed by atoms with Crippen LogP contribution < -0.4 is 5.32 Å². The van der Waals surface area contributed by atoms with Gasteiger partial charge >= 0.3 is 0 Å². The van der Waals surface area contributed by atoms with Crippen LogP contribution in [-0.2, 0) is 5.75 Å². The van der Waals surface area contributed by atoms with Gasteiger partial charge in [0.25, 0.3) is 0 Å². The quantitative estimate of drug-likeness (QED) is 0.842. The summed E-state index contributed by atoms with van der Waals surface area (Å²) < 4.78 is 0.972. The zero-order chi connectivity index (χ0) is 13.0.